The van der Waals surface area contributed by atoms with E-state index in [0.29, 0.717) is 5.56 Å². The fourth-order valence-corrected chi connectivity index (χ4v) is 1.93. The molecule has 0 aliphatic heterocycles. The maximum Gasteiger partial charge on any atom is 0.328 e. The van der Waals surface area contributed by atoms with Gasteiger partial charge in [-0.2, -0.15) is 0 Å². The highest BCUT2D eigenvalue weighted by Gasteiger charge is 2.25. The summed E-state index contributed by atoms with van der Waals surface area (Å²) in [4.78, 5) is 30.9. The lowest BCUT2D eigenvalue weighted by atomic mass is 10.0. The fourth-order valence-electron chi connectivity index (χ4n) is 1.93. The third kappa shape index (κ3) is 2.79. The number of rotatable bonds is 4. The van der Waals surface area contributed by atoms with Gasteiger partial charge in [-0.1, -0.05) is 13.8 Å². The van der Waals surface area contributed by atoms with Crippen LogP contribution in [0, 0.1) is 5.92 Å². The van der Waals surface area contributed by atoms with Crippen LogP contribution in [0.1, 0.15) is 24.2 Å². The molecule has 1 aromatic heterocycles. The van der Waals surface area contributed by atoms with Crippen LogP contribution >= 0.6 is 0 Å². The number of amides is 1. The predicted octanol–water partition coefficient (Wildman–Crippen LogP) is 1.49. The zero-order valence-electron chi connectivity index (χ0n) is 11.6. The van der Waals surface area contributed by atoms with Gasteiger partial charge in [0.2, 0.25) is 0 Å². The van der Waals surface area contributed by atoms with E-state index in [1.165, 1.54) is 7.11 Å². The van der Waals surface area contributed by atoms with Crippen LogP contribution in [0.4, 0.5) is 0 Å². The summed E-state index contributed by atoms with van der Waals surface area (Å²) in [5.74, 6) is -0.816. The van der Waals surface area contributed by atoms with E-state index in [0.717, 1.165) is 11.0 Å². The molecule has 2 aromatic rings. The van der Waals surface area contributed by atoms with Crippen molar-refractivity contribution in [3.8, 4) is 0 Å². The van der Waals surface area contributed by atoms with Crippen LogP contribution in [-0.2, 0) is 9.53 Å². The minimum absolute atomic E-state index is 0.0534. The first-order valence-electron chi connectivity index (χ1n) is 6.34. The Hall–Kier alpha value is -2.37. The largest absolute Gasteiger partial charge is 0.467 e. The lowest BCUT2D eigenvalue weighted by Gasteiger charge is -2.19. The number of imidazole rings is 1. The standard InChI is InChI=1S/C14H17N3O3/c1-8(2)12(14(19)20-3)17-13(18)9-4-5-10-11(6-9)16-7-15-10/h4-8,12H,1-3H3,(H,15,16)(H,17,18). The van der Waals surface area contributed by atoms with Crippen LogP contribution in [0.3, 0.4) is 0 Å². The summed E-state index contributed by atoms with van der Waals surface area (Å²) in [7, 11) is 1.31. The molecule has 20 heavy (non-hydrogen) atoms. The van der Waals surface area contributed by atoms with Gasteiger partial charge in [-0.3, -0.25) is 4.79 Å². The van der Waals surface area contributed by atoms with Gasteiger partial charge in [0.15, 0.2) is 0 Å². The molecule has 0 radical (unpaired) electrons. The minimum atomic E-state index is -0.662. The second-order valence-electron chi connectivity index (χ2n) is 4.85. The minimum Gasteiger partial charge on any atom is -0.467 e. The van der Waals surface area contributed by atoms with E-state index >= 15 is 0 Å². The summed E-state index contributed by atoms with van der Waals surface area (Å²) in [6, 6.07) is 4.47. The Kier molecular flexibility index (Phi) is 4.02. The lowest BCUT2D eigenvalue weighted by molar-refractivity contribution is -0.144. The third-order valence-corrected chi connectivity index (χ3v) is 3.09. The van der Waals surface area contributed by atoms with E-state index in [2.05, 4.69) is 15.3 Å². The first kappa shape index (κ1) is 14.0. The van der Waals surface area contributed by atoms with E-state index < -0.39 is 12.0 Å². The van der Waals surface area contributed by atoms with Crippen LogP contribution < -0.4 is 5.32 Å². The highest BCUT2D eigenvalue weighted by molar-refractivity contribution is 5.99. The van der Waals surface area contributed by atoms with Crippen LogP contribution in [-0.4, -0.2) is 35.0 Å². The number of methoxy groups -OCH3 is 1. The smallest absolute Gasteiger partial charge is 0.328 e. The van der Waals surface area contributed by atoms with Crippen molar-refractivity contribution in [1.29, 1.82) is 0 Å². The van der Waals surface area contributed by atoms with E-state index in [4.69, 9.17) is 4.74 Å². The van der Waals surface area contributed by atoms with Crippen LogP contribution in [0.15, 0.2) is 24.5 Å². The molecule has 1 amide bonds. The van der Waals surface area contributed by atoms with Gasteiger partial charge < -0.3 is 15.0 Å². The second-order valence-corrected chi connectivity index (χ2v) is 4.85. The first-order chi connectivity index (χ1) is 9.52. The molecule has 1 heterocycles. The molecular formula is C14H17N3O3. The average Bonchev–Trinajstić information content (AvgIpc) is 2.90. The Balaban J connectivity index is 2.19. The molecular weight excluding hydrogens is 258 g/mol. The summed E-state index contributed by atoms with van der Waals surface area (Å²) >= 11 is 0. The van der Waals surface area contributed by atoms with Crippen molar-refractivity contribution < 1.29 is 14.3 Å². The molecule has 6 nitrogen and oxygen atoms in total. The number of hydrogen-bond donors (Lipinski definition) is 2. The van der Waals surface area contributed by atoms with Crippen LogP contribution in [0.5, 0.6) is 0 Å². The van der Waals surface area contributed by atoms with Gasteiger partial charge in [-0.05, 0) is 24.1 Å². The van der Waals surface area contributed by atoms with Crippen molar-refractivity contribution in [1.82, 2.24) is 15.3 Å². The van der Waals surface area contributed by atoms with Crippen molar-refractivity contribution in [2.75, 3.05) is 7.11 Å². The molecule has 2 N–H and O–H groups in total. The molecule has 0 saturated heterocycles. The van der Waals surface area contributed by atoms with Gasteiger partial charge in [0.05, 0.1) is 24.5 Å². The van der Waals surface area contributed by atoms with Gasteiger partial charge in [-0.25, -0.2) is 9.78 Å². The molecule has 0 spiro atoms. The Morgan fingerprint density at radius 2 is 2.10 bits per heavy atom. The monoisotopic (exact) mass is 275 g/mol. The number of nitrogens with one attached hydrogen (secondary N) is 2. The molecule has 0 aliphatic carbocycles. The van der Waals surface area contributed by atoms with E-state index in [9.17, 15) is 9.59 Å². The summed E-state index contributed by atoms with van der Waals surface area (Å²) < 4.78 is 4.70. The van der Waals surface area contributed by atoms with Gasteiger partial charge >= 0.3 is 5.97 Å². The fraction of sp³-hybridized carbons (Fsp3) is 0.357. The lowest BCUT2D eigenvalue weighted by Crippen LogP contribution is -2.45. The molecule has 0 bridgehead atoms. The zero-order valence-corrected chi connectivity index (χ0v) is 11.6. The maximum absolute atomic E-state index is 12.2. The number of ether oxygens (including phenoxy) is 1. The number of aromatic nitrogens is 2. The quantitative estimate of drug-likeness (QED) is 0.828. The van der Waals surface area contributed by atoms with Gasteiger partial charge in [-0.15, -0.1) is 0 Å². The average molecular weight is 275 g/mol. The Morgan fingerprint density at radius 1 is 1.35 bits per heavy atom. The first-order valence-corrected chi connectivity index (χ1v) is 6.34. The number of benzene rings is 1. The highest BCUT2D eigenvalue weighted by Crippen LogP contribution is 2.12. The third-order valence-electron chi connectivity index (χ3n) is 3.09. The van der Waals surface area contributed by atoms with E-state index in [-0.39, 0.29) is 11.8 Å². The molecule has 106 valence electrons. The Labute approximate surface area is 116 Å². The second kappa shape index (κ2) is 5.73. The van der Waals surface area contributed by atoms with Crippen molar-refractivity contribution in [2.45, 2.75) is 19.9 Å². The molecule has 1 unspecified atom stereocenters. The van der Waals surface area contributed by atoms with E-state index in [1.807, 2.05) is 13.8 Å². The molecule has 0 saturated carbocycles. The summed E-state index contributed by atoms with van der Waals surface area (Å²) in [5.41, 5.74) is 2.03. The van der Waals surface area contributed by atoms with Gasteiger partial charge in [0.1, 0.15) is 6.04 Å². The molecule has 6 heteroatoms. The molecule has 1 aromatic carbocycles. The Bertz CT molecular complexity index is 633. The maximum atomic E-state index is 12.2. The molecule has 0 fully saturated rings. The highest BCUT2D eigenvalue weighted by atomic mass is 16.5. The van der Waals surface area contributed by atoms with Crippen molar-refractivity contribution >= 4 is 22.9 Å². The van der Waals surface area contributed by atoms with E-state index in [1.54, 1.807) is 24.5 Å². The SMILES string of the molecule is COC(=O)C(NC(=O)c1ccc2nc[nH]c2c1)C(C)C. The van der Waals surface area contributed by atoms with Crippen molar-refractivity contribution in [3.05, 3.63) is 30.1 Å². The zero-order chi connectivity index (χ0) is 14.7. The molecule has 1 atom stereocenters. The van der Waals surface area contributed by atoms with Gasteiger partial charge in [0.25, 0.3) is 5.91 Å². The summed E-state index contributed by atoms with van der Waals surface area (Å²) in [6.45, 7) is 3.69. The predicted molar refractivity (Wildman–Crippen MR) is 74.2 cm³/mol. The van der Waals surface area contributed by atoms with Crippen LogP contribution in [0.2, 0.25) is 0 Å². The number of aromatic amines is 1. The molecule has 2 rings (SSSR count). The number of carbonyl (C=O) groups excluding carboxylic acids is 2. The number of H-pyrrole nitrogens is 1. The number of hydrogen-bond acceptors (Lipinski definition) is 4. The normalized spacial score (nSPS) is 12.4. The van der Waals surface area contributed by atoms with Crippen LogP contribution in [0.25, 0.3) is 11.0 Å². The van der Waals surface area contributed by atoms with Crippen molar-refractivity contribution in [3.63, 3.8) is 0 Å². The summed E-state index contributed by atoms with van der Waals surface area (Å²) in [6.07, 6.45) is 1.57. The Morgan fingerprint density at radius 3 is 2.75 bits per heavy atom. The number of fused-ring (bicyclic) bond motifs is 1. The number of esters is 1. The molecule has 0 aliphatic rings. The van der Waals surface area contributed by atoms with Crippen molar-refractivity contribution in [2.24, 2.45) is 5.92 Å². The topological polar surface area (TPSA) is 84.1 Å². The van der Waals surface area contributed by atoms with Gasteiger partial charge in [0, 0.05) is 5.56 Å². The number of nitrogens with zero attached hydrogens (tertiary/aromatic N) is 1. The number of carbonyl (C=O) groups is 2. The summed E-state index contributed by atoms with van der Waals surface area (Å²) in [5, 5.41) is 2.69.